The molecule has 0 radical (unpaired) electrons. The van der Waals surface area contributed by atoms with Gasteiger partial charge in [-0.1, -0.05) is 18.2 Å². The molecule has 2 aromatic carbocycles. The molecule has 0 fully saturated rings. The lowest BCUT2D eigenvalue weighted by Gasteiger charge is -2.02. The molecule has 0 spiro atoms. The standard InChI is InChI=1S/C14H9NO2S/c16-14(17)10-3-1-9(2-4-10)11-5-6-12-13(7-11)18-8-15-12/h1-8H,(H,16,17). The van der Waals surface area contributed by atoms with Gasteiger partial charge in [-0.3, -0.25) is 0 Å². The molecule has 0 aliphatic heterocycles. The molecule has 0 unspecified atom stereocenters. The number of benzene rings is 2. The van der Waals surface area contributed by atoms with Gasteiger partial charge >= 0.3 is 5.97 Å². The van der Waals surface area contributed by atoms with Crippen molar-refractivity contribution < 1.29 is 9.90 Å². The first-order valence-corrected chi connectivity index (χ1v) is 6.29. The summed E-state index contributed by atoms with van der Waals surface area (Å²) in [6.07, 6.45) is 0. The number of hydrogen-bond acceptors (Lipinski definition) is 3. The number of carboxylic acids is 1. The Kier molecular flexibility index (Phi) is 2.57. The van der Waals surface area contributed by atoms with E-state index in [0.29, 0.717) is 5.56 Å². The molecule has 3 rings (SSSR count). The van der Waals surface area contributed by atoms with E-state index in [9.17, 15) is 4.79 Å². The van der Waals surface area contributed by atoms with E-state index in [1.54, 1.807) is 23.5 Å². The van der Waals surface area contributed by atoms with E-state index >= 15 is 0 Å². The Morgan fingerprint density at radius 3 is 2.50 bits per heavy atom. The Bertz CT molecular complexity index is 716. The van der Waals surface area contributed by atoms with Crippen molar-refractivity contribution in [2.75, 3.05) is 0 Å². The van der Waals surface area contributed by atoms with Crippen molar-refractivity contribution in [1.82, 2.24) is 4.98 Å². The highest BCUT2D eigenvalue weighted by molar-refractivity contribution is 7.16. The molecule has 0 amide bonds. The summed E-state index contributed by atoms with van der Waals surface area (Å²) in [4.78, 5) is 15.0. The zero-order chi connectivity index (χ0) is 12.5. The van der Waals surface area contributed by atoms with Crippen molar-refractivity contribution in [3.8, 4) is 11.1 Å². The quantitative estimate of drug-likeness (QED) is 0.760. The van der Waals surface area contributed by atoms with Gasteiger partial charge in [-0.15, -0.1) is 11.3 Å². The zero-order valence-electron chi connectivity index (χ0n) is 9.33. The third kappa shape index (κ3) is 1.87. The van der Waals surface area contributed by atoms with Crippen LogP contribution in [0.3, 0.4) is 0 Å². The van der Waals surface area contributed by atoms with Gasteiger partial charge in [-0.05, 0) is 35.4 Å². The molecule has 1 N–H and O–H groups in total. The largest absolute Gasteiger partial charge is 0.478 e. The molecule has 0 atom stereocenters. The van der Waals surface area contributed by atoms with Gasteiger partial charge in [0.25, 0.3) is 0 Å². The summed E-state index contributed by atoms with van der Waals surface area (Å²) in [5, 5.41) is 8.85. The summed E-state index contributed by atoms with van der Waals surface area (Å²) in [6, 6.07) is 12.9. The summed E-state index contributed by atoms with van der Waals surface area (Å²) in [5.41, 5.74) is 5.20. The summed E-state index contributed by atoms with van der Waals surface area (Å²) in [7, 11) is 0. The molecule has 0 saturated heterocycles. The van der Waals surface area contributed by atoms with Gasteiger partial charge in [0.05, 0.1) is 21.3 Å². The fraction of sp³-hybridized carbons (Fsp3) is 0. The summed E-state index contributed by atoms with van der Waals surface area (Å²) >= 11 is 1.60. The highest BCUT2D eigenvalue weighted by Gasteiger charge is 2.04. The van der Waals surface area contributed by atoms with Crippen molar-refractivity contribution in [2.24, 2.45) is 0 Å². The van der Waals surface area contributed by atoms with E-state index in [1.807, 2.05) is 29.8 Å². The van der Waals surface area contributed by atoms with Gasteiger partial charge in [0.1, 0.15) is 0 Å². The maximum Gasteiger partial charge on any atom is 0.335 e. The van der Waals surface area contributed by atoms with E-state index in [-0.39, 0.29) is 0 Å². The van der Waals surface area contributed by atoms with Crippen molar-refractivity contribution in [3.05, 3.63) is 53.5 Å². The van der Waals surface area contributed by atoms with E-state index in [1.165, 1.54) is 0 Å². The van der Waals surface area contributed by atoms with Crippen LogP contribution in [0, 0.1) is 0 Å². The Hall–Kier alpha value is -2.20. The van der Waals surface area contributed by atoms with Gasteiger partial charge in [0, 0.05) is 0 Å². The lowest BCUT2D eigenvalue weighted by molar-refractivity contribution is 0.0697. The summed E-state index contributed by atoms with van der Waals surface area (Å²) in [5.74, 6) is -0.903. The molecule has 1 heterocycles. The maximum atomic E-state index is 10.8. The second kappa shape index (κ2) is 4.23. The smallest absolute Gasteiger partial charge is 0.335 e. The predicted octanol–water partition coefficient (Wildman–Crippen LogP) is 3.66. The van der Waals surface area contributed by atoms with Crippen LogP contribution in [0.25, 0.3) is 21.3 Å². The molecule has 0 aliphatic rings. The van der Waals surface area contributed by atoms with Crippen LogP contribution >= 0.6 is 11.3 Å². The molecular weight excluding hydrogens is 246 g/mol. The summed E-state index contributed by atoms with van der Waals surface area (Å²) < 4.78 is 1.13. The number of rotatable bonds is 2. The number of hydrogen-bond donors (Lipinski definition) is 1. The number of fused-ring (bicyclic) bond motifs is 1. The second-order valence-electron chi connectivity index (χ2n) is 3.92. The van der Waals surface area contributed by atoms with Gasteiger partial charge < -0.3 is 5.11 Å². The fourth-order valence-corrected chi connectivity index (χ4v) is 2.56. The van der Waals surface area contributed by atoms with Gasteiger partial charge in [0.15, 0.2) is 0 Å². The molecule has 3 nitrogen and oxygen atoms in total. The molecule has 88 valence electrons. The first-order valence-electron chi connectivity index (χ1n) is 5.41. The summed E-state index contributed by atoms with van der Waals surface area (Å²) in [6.45, 7) is 0. The number of carboxylic acid groups (broad SMARTS) is 1. The Balaban J connectivity index is 2.05. The minimum atomic E-state index is -0.903. The lowest BCUT2D eigenvalue weighted by Crippen LogP contribution is -1.94. The van der Waals surface area contributed by atoms with E-state index in [0.717, 1.165) is 21.3 Å². The Morgan fingerprint density at radius 1 is 1.06 bits per heavy atom. The second-order valence-corrected chi connectivity index (χ2v) is 4.80. The van der Waals surface area contributed by atoms with Crippen molar-refractivity contribution in [1.29, 1.82) is 0 Å². The Morgan fingerprint density at radius 2 is 1.78 bits per heavy atom. The van der Waals surface area contributed by atoms with Crippen molar-refractivity contribution in [2.45, 2.75) is 0 Å². The van der Waals surface area contributed by atoms with E-state index in [2.05, 4.69) is 11.1 Å². The minimum absolute atomic E-state index is 0.303. The van der Waals surface area contributed by atoms with Crippen molar-refractivity contribution in [3.63, 3.8) is 0 Å². The fourth-order valence-electron chi connectivity index (χ4n) is 1.84. The maximum absolute atomic E-state index is 10.8. The van der Waals surface area contributed by atoms with E-state index < -0.39 is 5.97 Å². The van der Waals surface area contributed by atoms with Crippen LogP contribution in [-0.2, 0) is 0 Å². The van der Waals surface area contributed by atoms with E-state index in [4.69, 9.17) is 5.11 Å². The number of aromatic nitrogens is 1. The molecule has 4 heteroatoms. The third-order valence-electron chi connectivity index (χ3n) is 2.80. The predicted molar refractivity (Wildman–Crippen MR) is 72.0 cm³/mol. The molecule has 18 heavy (non-hydrogen) atoms. The number of carbonyl (C=O) groups is 1. The highest BCUT2D eigenvalue weighted by Crippen LogP contribution is 2.26. The van der Waals surface area contributed by atoms with Crippen LogP contribution in [0.15, 0.2) is 48.0 Å². The van der Waals surface area contributed by atoms with Crippen LogP contribution in [-0.4, -0.2) is 16.1 Å². The van der Waals surface area contributed by atoms with Crippen LogP contribution < -0.4 is 0 Å². The van der Waals surface area contributed by atoms with Crippen LogP contribution in [0.5, 0.6) is 0 Å². The first-order chi connectivity index (χ1) is 8.74. The minimum Gasteiger partial charge on any atom is -0.478 e. The first kappa shape index (κ1) is 10.9. The molecule has 3 aromatic rings. The molecule has 0 saturated carbocycles. The average molecular weight is 255 g/mol. The number of nitrogens with zero attached hydrogens (tertiary/aromatic N) is 1. The van der Waals surface area contributed by atoms with Crippen LogP contribution in [0.1, 0.15) is 10.4 Å². The SMILES string of the molecule is O=C(O)c1ccc(-c2ccc3ncsc3c2)cc1. The van der Waals surface area contributed by atoms with Crippen molar-refractivity contribution >= 4 is 27.5 Å². The zero-order valence-corrected chi connectivity index (χ0v) is 10.1. The van der Waals surface area contributed by atoms with Crippen LogP contribution in [0.4, 0.5) is 0 Å². The normalized spacial score (nSPS) is 10.7. The monoisotopic (exact) mass is 255 g/mol. The van der Waals surface area contributed by atoms with Gasteiger partial charge in [-0.25, -0.2) is 9.78 Å². The molecule has 0 aliphatic carbocycles. The van der Waals surface area contributed by atoms with Crippen LogP contribution in [0.2, 0.25) is 0 Å². The highest BCUT2D eigenvalue weighted by atomic mass is 32.1. The van der Waals surface area contributed by atoms with Gasteiger partial charge in [0.2, 0.25) is 0 Å². The third-order valence-corrected chi connectivity index (χ3v) is 3.59. The molecular formula is C14H9NO2S. The van der Waals surface area contributed by atoms with Gasteiger partial charge in [-0.2, -0.15) is 0 Å². The lowest BCUT2D eigenvalue weighted by atomic mass is 10.0. The number of aromatic carboxylic acids is 1. The topological polar surface area (TPSA) is 50.2 Å². The number of thiazole rings is 1. The Labute approximate surface area is 107 Å². The molecule has 1 aromatic heterocycles. The molecule has 0 bridgehead atoms. The average Bonchev–Trinajstić information content (AvgIpc) is 2.86.